The van der Waals surface area contributed by atoms with E-state index in [9.17, 15) is 4.39 Å². The van der Waals surface area contributed by atoms with Crippen molar-refractivity contribution >= 4 is 11.6 Å². The molecule has 0 nitrogen and oxygen atoms in total. The van der Waals surface area contributed by atoms with Crippen molar-refractivity contribution < 1.29 is 4.39 Å². The second kappa shape index (κ2) is 5.35. The fourth-order valence-electron chi connectivity index (χ4n) is 1.39. The van der Waals surface area contributed by atoms with Gasteiger partial charge in [0.15, 0.2) is 0 Å². The quantitative estimate of drug-likeness (QED) is 0.666. The van der Waals surface area contributed by atoms with E-state index in [1.807, 2.05) is 13.0 Å². The maximum absolute atomic E-state index is 12.9. The highest BCUT2D eigenvalue weighted by Crippen LogP contribution is 2.15. The van der Waals surface area contributed by atoms with Crippen molar-refractivity contribution in [1.82, 2.24) is 0 Å². The van der Waals surface area contributed by atoms with Gasteiger partial charge in [0.05, 0.1) is 0 Å². The van der Waals surface area contributed by atoms with E-state index in [-0.39, 0.29) is 5.82 Å². The lowest BCUT2D eigenvalue weighted by Crippen LogP contribution is -2.00. The molecule has 2 heteroatoms. The van der Waals surface area contributed by atoms with Crippen molar-refractivity contribution in [3.05, 3.63) is 35.1 Å². The zero-order chi connectivity index (χ0) is 10.6. The largest absolute Gasteiger partial charge is 0.207 e. The standard InChI is InChI=1S/C12H16ClF/c1-9(8-13)3-5-11-7-12(14)6-4-10(11)2/h4,6-7,9H,3,5,8H2,1-2H3. The maximum atomic E-state index is 12.9. The molecule has 1 aromatic rings. The fraction of sp³-hybridized carbons (Fsp3) is 0.500. The zero-order valence-corrected chi connectivity index (χ0v) is 9.44. The Labute approximate surface area is 90.1 Å². The van der Waals surface area contributed by atoms with Gasteiger partial charge in [0.1, 0.15) is 5.82 Å². The summed E-state index contributed by atoms with van der Waals surface area (Å²) in [6.07, 6.45) is 1.94. The van der Waals surface area contributed by atoms with E-state index >= 15 is 0 Å². The van der Waals surface area contributed by atoms with E-state index in [1.165, 1.54) is 6.07 Å². The molecule has 0 saturated heterocycles. The summed E-state index contributed by atoms with van der Waals surface area (Å²) in [4.78, 5) is 0. The van der Waals surface area contributed by atoms with Gasteiger partial charge < -0.3 is 0 Å². The van der Waals surface area contributed by atoms with E-state index < -0.39 is 0 Å². The number of benzene rings is 1. The molecule has 0 heterocycles. The Morgan fingerprint density at radius 1 is 1.43 bits per heavy atom. The van der Waals surface area contributed by atoms with Crippen molar-refractivity contribution in [3.8, 4) is 0 Å². The summed E-state index contributed by atoms with van der Waals surface area (Å²) in [7, 11) is 0. The Morgan fingerprint density at radius 3 is 2.79 bits per heavy atom. The lowest BCUT2D eigenvalue weighted by Gasteiger charge is -2.09. The van der Waals surface area contributed by atoms with Gasteiger partial charge in [0.2, 0.25) is 0 Å². The summed E-state index contributed by atoms with van der Waals surface area (Å²) >= 11 is 5.72. The van der Waals surface area contributed by atoms with Crippen molar-refractivity contribution in [3.63, 3.8) is 0 Å². The molecule has 1 aromatic carbocycles. The smallest absolute Gasteiger partial charge is 0.123 e. The Balaban J connectivity index is 2.62. The van der Waals surface area contributed by atoms with Crippen LogP contribution in [0.25, 0.3) is 0 Å². The SMILES string of the molecule is Cc1ccc(F)cc1CCC(C)CCl. The number of alkyl halides is 1. The lowest BCUT2D eigenvalue weighted by molar-refractivity contribution is 0.585. The third kappa shape index (κ3) is 3.30. The topological polar surface area (TPSA) is 0 Å². The van der Waals surface area contributed by atoms with Gasteiger partial charge in [-0.05, 0) is 48.9 Å². The third-order valence-corrected chi connectivity index (χ3v) is 3.01. The average molecular weight is 215 g/mol. The minimum atomic E-state index is -0.149. The van der Waals surface area contributed by atoms with E-state index in [1.54, 1.807) is 6.07 Å². The average Bonchev–Trinajstić information content (AvgIpc) is 2.19. The predicted molar refractivity (Wildman–Crippen MR) is 59.3 cm³/mol. The van der Waals surface area contributed by atoms with Gasteiger partial charge in [0.25, 0.3) is 0 Å². The van der Waals surface area contributed by atoms with Crippen LogP contribution in [0.5, 0.6) is 0 Å². The van der Waals surface area contributed by atoms with Crippen LogP contribution in [0, 0.1) is 18.7 Å². The molecule has 0 saturated carbocycles. The molecular formula is C12H16ClF. The first-order valence-electron chi connectivity index (χ1n) is 4.94. The van der Waals surface area contributed by atoms with E-state index in [0.717, 1.165) is 24.0 Å². The molecule has 0 fully saturated rings. The summed E-state index contributed by atoms with van der Waals surface area (Å²) in [5, 5.41) is 0. The number of halogens is 2. The first kappa shape index (κ1) is 11.5. The predicted octanol–water partition coefficient (Wildman–Crippen LogP) is 3.94. The van der Waals surface area contributed by atoms with E-state index in [0.29, 0.717) is 11.8 Å². The van der Waals surface area contributed by atoms with Crippen molar-refractivity contribution in [2.45, 2.75) is 26.7 Å². The van der Waals surface area contributed by atoms with Gasteiger partial charge in [-0.2, -0.15) is 0 Å². The van der Waals surface area contributed by atoms with Gasteiger partial charge >= 0.3 is 0 Å². The summed E-state index contributed by atoms with van der Waals surface area (Å²) < 4.78 is 12.9. The van der Waals surface area contributed by atoms with Crippen molar-refractivity contribution in [2.24, 2.45) is 5.92 Å². The second-order valence-electron chi connectivity index (χ2n) is 3.87. The summed E-state index contributed by atoms with van der Waals surface area (Å²) in [6.45, 7) is 4.13. The Bertz CT molecular complexity index is 296. The molecule has 1 atom stereocenters. The number of hydrogen-bond donors (Lipinski definition) is 0. The zero-order valence-electron chi connectivity index (χ0n) is 8.69. The highest BCUT2D eigenvalue weighted by molar-refractivity contribution is 6.18. The van der Waals surface area contributed by atoms with Crippen LogP contribution in [-0.2, 0) is 6.42 Å². The molecule has 0 aliphatic rings. The van der Waals surface area contributed by atoms with Crippen LogP contribution < -0.4 is 0 Å². The van der Waals surface area contributed by atoms with Crippen LogP contribution in [0.4, 0.5) is 4.39 Å². The fourth-order valence-corrected chi connectivity index (χ4v) is 1.54. The molecule has 1 rings (SSSR count). The summed E-state index contributed by atoms with van der Waals surface area (Å²) in [5.41, 5.74) is 2.26. The molecule has 0 aliphatic heterocycles. The Kier molecular flexibility index (Phi) is 4.40. The molecular weight excluding hydrogens is 199 g/mol. The Hall–Kier alpha value is -0.560. The normalized spacial score (nSPS) is 12.9. The second-order valence-corrected chi connectivity index (χ2v) is 4.18. The van der Waals surface area contributed by atoms with Gasteiger partial charge in [-0.3, -0.25) is 0 Å². The maximum Gasteiger partial charge on any atom is 0.123 e. The van der Waals surface area contributed by atoms with E-state index in [2.05, 4.69) is 6.92 Å². The van der Waals surface area contributed by atoms with Crippen molar-refractivity contribution in [1.29, 1.82) is 0 Å². The molecule has 0 bridgehead atoms. The van der Waals surface area contributed by atoms with Gasteiger partial charge in [0, 0.05) is 5.88 Å². The third-order valence-electron chi connectivity index (χ3n) is 2.48. The Morgan fingerprint density at radius 2 is 2.14 bits per heavy atom. The number of aryl methyl sites for hydroxylation is 2. The van der Waals surface area contributed by atoms with E-state index in [4.69, 9.17) is 11.6 Å². The van der Waals surface area contributed by atoms with Crippen LogP contribution in [0.1, 0.15) is 24.5 Å². The van der Waals surface area contributed by atoms with Crippen molar-refractivity contribution in [2.75, 3.05) is 5.88 Å². The molecule has 78 valence electrons. The summed E-state index contributed by atoms with van der Waals surface area (Å²) in [6, 6.07) is 4.95. The van der Waals surface area contributed by atoms with Gasteiger partial charge in [-0.25, -0.2) is 4.39 Å². The molecule has 0 N–H and O–H groups in total. The molecule has 1 unspecified atom stereocenters. The molecule has 0 radical (unpaired) electrons. The van der Waals surface area contributed by atoms with Crippen LogP contribution in [-0.4, -0.2) is 5.88 Å². The number of hydrogen-bond acceptors (Lipinski definition) is 0. The number of rotatable bonds is 4. The monoisotopic (exact) mass is 214 g/mol. The molecule has 0 aliphatic carbocycles. The van der Waals surface area contributed by atoms with Crippen LogP contribution in [0.3, 0.4) is 0 Å². The van der Waals surface area contributed by atoms with Gasteiger partial charge in [-0.1, -0.05) is 13.0 Å². The minimum Gasteiger partial charge on any atom is -0.207 e. The van der Waals surface area contributed by atoms with Crippen LogP contribution >= 0.6 is 11.6 Å². The lowest BCUT2D eigenvalue weighted by atomic mass is 9.99. The van der Waals surface area contributed by atoms with Gasteiger partial charge in [-0.15, -0.1) is 11.6 Å². The molecule has 0 spiro atoms. The van der Waals surface area contributed by atoms with Crippen LogP contribution in [0.2, 0.25) is 0 Å². The highest BCUT2D eigenvalue weighted by Gasteiger charge is 2.04. The minimum absolute atomic E-state index is 0.149. The molecule has 14 heavy (non-hydrogen) atoms. The molecule has 0 amide bonds. The van der Waals surface area contributed by atoms with Crippen LogP contribution in [0.15, 0.2) is 18.2 Å². The summed E-state index contributed by atoms with van der Waals surface area (Å²) in [5.74, 6) is 1.03. The first-order chi connectivity index (χ1) is 6.63. The first-order valence-corrected chi connectivity index (χ1v) is 5.48. The highest BCUT2D eigenvalue weighted by atomic mass is 35.5. The molecule has 0 aromatic heterocycles.